The lowest BCUT2D eigenvalue weighted by Gasteiger charge is -2.15. The molecule has 0 heteroatoms. The van der Waals surface area contributed by atoms with Gasteiger partial charge in [0.25, 0.3) is 0 Å². The molecule has 1 atom stereocenters. The van der Waals surface area contributed by atoms with Crippen molar-refractivity contribution < 1.29 is 0 Å². The van der Waals surface area contributed by atoms with E-state index in [4.69, 9.17) is 0 Å². The minimum atomic E-state index is 0.604. The summed E-state index contributed by atoms with van der Waals surface area (Å²) in [4.78, 5) is 0. The highest BCUT2D eigenvalue weighted by atomic mass is 14.3. The van der Waals surface area contributed by atoms with Crippen molar-refractivity contribution in [2.75, 3.05) is 0 Å². The summed E-state index contributed by atoms with van der Waals surface area (Å²) >= 11 is 0. The molecule has 1 saturated carbocycles. The third kappa shape index (κ3) is 1.24. The summed E-state index contributed by atoms with van der Waals surface area (Å²) in [6, 6.07) is 0. The maximum absolute atomic E-state index is 4.03. The predicted molar refractivity (Wildman–Crippen MR) is 36.5 cm³/mol. The predicted octanol–water partition coefficient (Wildman–Crippen LogP) is 2.65. The lowest BCUT2D eigenvalue weighted by atomic mass is 9.91. The van der Waals surface area contributed by atoms with Gasteiger partial charge in [-0.1, -0.05) is 20.8 Å². The fourth-order valence-electron chi connectivity index (χ4n) is 1.58. The smallest absolute Gasteiger partial charge is 0.0351 e. The second-order valence-electron chi connectivity index (χ2n) is 3.77. The Labute approximate surface area is 52.3 Å². The van der Waals surface area contributed by atoms with Crippen LogP contribution in [-0.4, -0.2) is 0 Å². The third-order valence-electron chi connectivity index (χ3n) is 2.07. The normalized spacial score (nSPS) is 35.6. The molecule has 0 aromatic carbocycles. The Hall–Kier alpha value is 0. The van der Waals surface area contributed by atoms with Crippen molar-refractivity contribution in [2.24, 2.45) is 11.3 Å². The average Bonchev–Trinajstić information content (AvgIpc) is 1.82. The zero-order chi connectivity index (χ0) is 6.20. The molecule has 1 radical (unpaired) electrons. The molecule has 8 heavy (non-hydrogen) atoms. The molecule has 1 aliphatic rings. The minimum Gasteiger partial charge on any atom is -0.0599 e. The van der Waals surface area contributed by atoms with Crippen LogP contribution in [-0.2, 0) is 0 Å². The van der Waals surface area contributed by atoms with Gasteiger partial charge in [0.05, 0.1) is 0 Å². The van der Waals surface area contributed by atoms with Gasteiger partial charge in [-0.05, 0) is 30.6 Å². The number of hydrogen-bond acceptors (Lipinski definition) is 0. The molecule has 1 rings (SSSR count). The Bertz CT molecular complexity index is 82.0. The SMILES string of the molecule is [CH2]C1CCC(C)(C)C1. The maximum atomic E-state index is 4.03. The Balaban J connectivity index is 2.44. The summed E-state index contributed by atoms with van der Waals surface area (Å²) < 4.78 is 0. The van der Waals surface area contributed by atoms with Crippen molar-refractivity contribution in [2.45, 2.75) is 33.1 Å². The number of rotatable bonds is 0. The van der Waals surface area contributed by atoms with Crippen LogP contribution in [0.25, 0.3) is 0 Å². The lowest BCUT2D eigenvalue weighted by molar-refractivity contribution is 0.372. The molecule has 0 aromatic rings. The molecule has 0 saturated heterocycles. The van der Waals surface area contributed by atoms with Gasteiger partial charge in [-0.25, -0.2) is 0 Å². The van der Waals surface area contributed by atoms with Crippen molar-refractivity contribution in [1.29, 1.82) is 0 Å². The van der Waals surface area contributed by atoms with Crippen LogP contribution in [0.4, 0.5) is 0 Å². The first-order chi connectivity index (χ1) is 3.60. The van der Waals surface area contributed by atoms with Crippen LogP contribution in [0, 0.1) is 18.3 Å². The zero-order valence-corrected chi connectivity index (χ0v) is 5.91. The quantitative estimate of drug-likeness (QED) is 0.451. The van der Waals surface area contributed by atoms with Gasteiger partial charge in [0.1, 0.15) is 0 Å². The van der Waals surface area contributed by atoms with Crippen LogP contribution in [0.3, 0.4) is 0 Å². The van der Waals surface area contributed by atoms with Gasteiger partial charge in [-0.2, -0.15) is 0 Å². The average molecular weight is 111 g/mol. The van der Waals surface area contributed by atoms with Gasteiger partial charge < -0.3 is 0 Å². The molecule has 0 heterocycles. The highest BCUT2D eigenvalue weighted by Crippen LogP contribution is 2.39. The summed E-state index contributed by atoms with van der Waals surface area (Å²) in [6.45, 7) is 8.70. The molecule has 0 bridgehead atoms. The molecule has 0 amide bonds. The Morgan fingerprint density at radius 2 is 2.12 bits per heavy atom. The summed E-state index contributed by atoms with van der Waals surface area (Å²) in [5, 5.41) is 0. The molecular formula is C8H15. The van der Waals surface area contributed by atoms with E-state index < -0.39 is 0 Å². The maximum Gasteiger partial charge on any atom is -0.0351 e. The minimum absolute atomic E-state index is 0.604. The standard InChI is InChI=1S/C8H15/c1-7-4-5-8(2,3)6-7/h7H,1,4-6H2,2-3H3. The summed E-state index contributed by atoms with van der Waals surface area (Å²) in [7, 11) is 0. The summed E-state index contributed by atoms with van der Waals surface area (Å²) in [5.74, 6) is 0.741. The van der Waals surface area contributed by atoms with E-state index in [2.05, 4.69) is 20.8 Å². The second-order valence-corrected chi connectivity index (χ2v) is 3.77. The Morgan fingerprint density at radius 1 is 1.50 bits per heavy atom. The molecule has 0 N–H and O–H groups in total. The van der Waals surface area contributed by atoms with E-state index in [-0.39, 0.29) is 0 Å². The molecule has 0 aliphatic heterocycles. The Morgan fingerprint density at radius 3 is 2.25 bits per heavy atom. The second kappa shape index (κ2) is 1.75. The topological polar surface area (TPSA) is 0 Å². The van der Waals surface area contributed by atoms with Crippen molar-refractivity contribution in [1.82, 2.24) is 0 Å². The van der Waals surface area contributed by atoms with E-state index in [9.17, 15) is 0 Å². The van der Waals surface area contributed by atoms with Gasteiger partial charge >= 0.3 is 0 Å². The first-order valence-corrected chi connectivity index (χ1v) is 3.43. The van der Waals surface area contributed by atoms with E-state index in [1.807, 2.05) is 0 Å². The van der Waals surface area contributed by atoms with E-state index >= 15 is 0 Å². The van der Waals surface area contributed by atoms with E-state index in [1.54, 1.807) is 0 Å². The Kier molecular flexibility index (Phi) is 1.34. The van der Waals surface area contributed by atoms with Gasteiger partial charge in [0.15, 0.2) is 0 Å². The largest absolute Gasteiger partial charge is 0.0599 e. The highest BCUT2D eigenvalue weighted by Gasteiger charge is 2.27. The van der Waals surface area contributed by atoms with Crippen LogP contribution >= 0.6 is 0 Å². The molecule has 47 valence electrons. The third-order valence-corrected chi connectivity index (χ3v) is 2.07. The van der Waals surface area contributed by atoms with Crippen LogP contribution < -0.4 is 0 Å². The molecule has 1 fully saturated rings. The van der Waals surface area contributed by atoms with Crippen LogP contribution in [0.2, 0.25) is 0 Å². The molecule has 0 aromatic heterocycles. The van der Waals surface area contributed by atoms with E-state index in [0.717, 1.165) is 5.92 Å². The van der Waals surface area contributed by atoms with E-state index in [1.165, 1.54) is 19.3 Å². The van der Waals surface area contributed by atoms with Crippen molar-refractivity contribution >= 4 is 0 Å². The first-order valence-electron chi connectivity index (χ1n) is 3.43. The van der Waals surface area contributed by atoms with Crippen molar-refractivity contribution in [3.8, 4) is 0 Å². The zero-order valence-electron chi connectivity index (χ0n) is 5.91. The monoisotopic (exact) mass is 111 g/mol. The highest BCUT2D eigenvalue weighted by molar-refractivity contribution is 4.82. The lowest BCUT2D eigenvalue weighted by Crippen LogP contribution is -2.03. The fraction of sp³-hybridized carbons (Fsp3) is 0.875. The molecular weight excluding hydrogens is 96.1 g/mol. The molecule has 0 nitrogen and oxygen atoms in total. The van der Waals surface area contributed by atoms with E-state index in [0.29, 0.717) is 5.41 Å². The van der Waals surface area contributed by atoms with Crippen LogP contribution in [0.1, 0.15) is 33.1 Å². The van der Waals surface area contributed by atoms with Crippen LogP contribution in [0.15, 0.2) is 0 Å². The first kappa shape index (κ1) is 6.12. The van der Waals surface area contributed by atoms with Gasteiger partial charge in [0, 0.05) is 0 Å². The van der Waals surface area contributed by atoms with Gasteiger partial charge in [-0.3, -0.25) is 0 Å². The molecule has 1 aliphatic carbocycles. The van der Waals surface area contributed by atoms with Gasteiger partial charge in [-0.15, -0.1) is 0 Å². The molecule has 1 unspecified atom stereocenters. The summed E-state index contributed by atoms with van der Waals surface area (Å²) in [6.07, 6.45) is 4.04. The number of hydrogen-bond donors (Lipinski definition) is 0. The van der Waals surface area contributed by atoms with Crippen molar-refractivity contribution in [3.05, 3.63) is 6.92 Å². The summed E-state index contributed by atoms with van der Waals surface area (Å²) in [5.41, 5.74) is 0.604. The van der Waals surface area contributed by atoms with Crippen LogP contribution in [0.5, 0.6) is 0 Å². The molecule has 0 spiro atoms. The fourth-order valence-corrected chi connectivity index (χ4v) is 1.58. The van der Waals surface area contributed by atoms with Crippen molar-refractivity contribution in [3.63, 3.8) is 0 Å². The van der Waals surface area contributed by atoms with Gasteiger partial charge in [0.2, 0.25) is 0 Å².